The number of H-pyrrole nitrogens is 1. The molecule has 132 valence electrons. The standard InChI is InChI=1S/C18H19N7S/c1-18(19)5-7-25(8-6-18)17-13-4-9-26-15(13)12-3-2-11(10-14(12)20-17)16-21-23-24-22-16/h2-4,9-10H,5-8,19H2,1H3,(H,21,22,23,24). The Morgan fingerprint density at radius 3 is 2.81 bits per heavy atom. The van der Waals surface area contributed by atoms with Crippen molar-refractivity contribution in [2.45, 2.75) is 25.3 Å². The fourth-order valence-electron chi connectivity index (χ4n) is 3.58. The number of aromatic amines is 1. The quantitative estimate of drug-likeness (QED) is 0.567. The zero-order chi connectivity index (χ0) is 17.7. The van der Waals surface area contributed by atoms with E-state index in [1.807, 2.05) is 12.1 Å². The molecule has 3 N–H and O–H groups in total. The molecule has 1 saturated heterocycles. The Labute approximate surface area is 154 Å². The van der Waals surface area contributed by atoms with Gasteiger partial charge in [-0.2, -0.15) is 5.21 Å². The van der Waals surface area contributed by atoms with E-state index in [0.29, 0.717) is 5.82 Å². The molecule has 0 unspecified atom stereocenters. The Morgan fingerprint density at radius 1 is 1.19 bits per heavy atom. The molecule has 1 aliphatic heterocycles. The number of piperidine rings is 1. The molecule has 3 aromatic heterocycles. The lowest BCUT2D eigenvalue weighted by Gasteiger charge is -2.37. The average molecular weight is 365 g/mol. The van der Waals surface area contributed by atoms with Crippen molar-refractivity contribution in [3.8, 4) is 11.4 Å². The summed E-state index contributed by atoms with van der Waals surface area (Å²) in [5.41, 5.74) is 8.10. The predicted molar refractivity (Wildman–Crippen MR) is 104 cm³/mol. The van der Waals surface area contributed by atoms with Crippen molar-refractivity contribution in [2.24, 2.45) is 5.73 Å². The number of tetrazole rings is 1. The van der Waals surface area contributed by atoms with Crippen LogP contribution in [0.15, 0.2) is 29.6 Å². The Morgan fingerprint density at radius 2 is 2.04 bits per heavy atom. The van der Waals surface area contributed by atoms with E-state index in [0.717, 1.165) is 48.2 Å². The number of nitrogens with two attached hydrogens (primary N) is 1. The highest BCUT2D eigenvalue weighted by atomic mass is 32.1. The molecule has 8 heteroatoms. The van der Waals surface area contributed by atoms with Crippen LogP contribution in [0.1, 0.15) is 19.8 Å². The lowest BCUT2D eigenvalue weighted by molar-refractivity contribution is 0.363. The van der Waals surface area contributed by atoms with Gasteiger partial charge in [0.05, 0.1) is 5.52 Å². The monoisotopic (exact) mass is 365 g/mol. The molecule has 0 bridgehead atoms. The van der Waals surface area contributed by atoms with Crippen LogP contribution >= 0.6 is 11.3 Å². The maximum atomic E-state index is 6.31. The second-order valence-corrected chi connectivity index (χ2v) is 8.12. The van der Waals surface area contributed by atoms with Gasteiger partial charge in [0.2, 0.25) is 5.82 Å². The van der Waals surface area contributed by atoms with E-state index in [9.17, 15) is 0 Å². The zero-order valence-electron chi connectivity index (χ0n) is 14.4. The molecule has 0 saturated carbocycles. The van der Waals surface area contributed by atoms with Crippen molar-refractivity contribution in [2.75, 3.05) is 18.0 Å². The van der Waals surface area contributed by atoms with Crippen LogP contribution < -0.4 is 10.6 Å². The number of anilines is 1. The van der Waals surface area contributed by atoms with Crippen molar-refractivity contribution < 1.29 is 0 Å². The van der Waals surface area contributed by atoms with Gasteiger partial charge >= 0.3 is 0 Å². The minimum atomic E-state index is -0.0765. The van der Waals surface area contributed by atoms with Crippen molar-refractivity contribution in [1.82, 2.24) is 25.6 Å². The van der Waals surface area contributed by atoms with E-state index in [-0.39, 0.29) is 5.54 Å². The SMILES string of the molecule is CC1(N)CCN(c2nc3cc(-c4nn[nH]n4)ccc3c3sccc23)CC1. The molecule has 5 rings (SSSR count). The number of pyridine rings is 1. The van der Waals surface area contributed by atoms with Gasteiger partial charge in [-0.15, -0.1) is 21.5 Å². The normalized spacial score (nSPS) is 17.2. The van der Waals surface area contributed by atoms with Gasteiger partial charge in [0, 0.05) is 39.7 Å². The Kier molecular flexibility index (Phi) is 3.44. The molecular weight excluding hydrogens is 346 g/mol. The second kappa shape index (κ2) is 5.72. The first-order valence-electron chi connectivity index (χ1n) is 8.69. The van der Waals surface area contributed by atoms with Crippen LogP contribution in [0.5, 0.6) is 0 Å². The van der Waals surface area contributed by atoms with Gasteiger partial charge in [-0.3, -0.25) is 0 Å². The second-order valence-electron chi connectivity index (χ2n) is 7.21. The summed E-state index contributed by atoms with van der Waals surface area (Å²) >= 11 is 1.76. The molecule has 4 heterocycles. The van der Waals surface area contributed by atoms with Gasteiger partial charge in [-0.1, -0.05) is 12.1 Å². The smallest absolute Gasteiger partial charge is 0.204 e. The summed E-state index contributed by atoms with van der Waals surface area (Å²) in [4.78, 5) is 7.39. The Balaban J connectivity index is 1.66. The highest BCUT2D eigenvalue weighted by Crippen LogP contribution is 2.37. The predicted octanol–water partition coefficient (Wildman–Crippen LogP) is 2.95. The van der Waals surface area contributed by atoms with Crippen LogP contribution in [0.4, 0.5) is 5.82 Å². The van der Waals surface area contributed by atoms with E-state index >= 15 is 0 Å². The Hall–Kier alpha value is -2.58. The van der Waals surface area contributed by atoms with Gasteiger partial charge in [-0.25, -0.2) is 4.98 Å². The summed E-state index contributed by atoms with van der Waals surface area (Å²) in [6.45, 7) is 4.00. The van der Waals surface area contributed by atoms with E-state index in [1.165, 1.54) is 10.1 Å². The van der Waals surface area contributed by atoms with Crippen LogP contribution in [-0.2, 0) is 0 Å². The third-order valence-corrected chi connectivity index (χ3v) is 6.13. The molecule has 1 aliphatic rings. The van der Waals surface area contributed by atoms with Gasteiger partial charge in [0.1, 0.15) is 5.82 Å². The lowest BCUT2D eigenvalue weighted by atomic mass is 9.91. The number of aromatic nitrogens is 5. The van der Waals surface area contributed by atoms with Crippen molar-refractivity contribution in [1.29, 1.82) is 0 Å². The first-order valence-corrected chi connectivity index (χ1v) is 9.57. The highest BCUT2D eigenvalue weighted by Gasteiger charge is 2.27. The van der Waals surface area contributed by atoms with Crippen molar-refractivity contribution in [3.63, 3.8) is 0 Å². The number of fused-ring (bicyclic) bond motifs is 3. The molecule has 7 nitrogen and oxygen atoms in total. The van der Waals surface area contributed by atoms with Gasteiger partial charge in [-0.05, 0) is 42.5 Å². The molecule has 0 amide bonds. The summed E-state index contributed by atoms with van der Waals surface area (Å²) in [6, 6.07) is 8.34. The fraction of sp³-hybridized carbons (Fsp3) is 0.333. The molecule has 0 aliphatic carbocycles. The highest BCUT2D eigenvalue weighted by molar-refractivity contribution is 7.18. The molecule has 4 aromatic rings. The topological polar surface area (TPSA) is 96.6 Å². The average Bonchev–Trinajstić information content (AvgIpc) is 3.32. The molecule has 0 radical (unpaired) electrons. The fourth-order valence-corrected chi connectivity index (χ4v) is 4.50. The minimum Gasteiger partial charge on any atom is -0.356 e. The number of thiophene rings is 1. The minimum absolute atomic E-state index is 0.0765. The van der Waals surface area contributed by atoms with Crippen molar-refractivity contribution in [3.05, 3.63) is 29.6 Å². The van der Waals surface area contributed by atoms with Crippen LogP contribution in [0.25, 0.3) is 32.4 Å². The lowest BCUT2D eigenvalue weighted by Crippen LogP contribution is -2.48. The van der Waals surface area contributed by atoms with E-state index in [1.54, 1.807) is 11.3 Å². The molecule has 1 aromatic carbocycles. The first kappa shape index (κ1) is 15.7. The summed E-state index contributed by atoms with van der Waals surface area (Å²) < 4.78 is 1.27. The van der Waals surface area contributed by atoms with E-state index in [4.69, 9.17) is 10.7 Å². The van der Waals surface area contributed by atoms with E-state index < -0.39 is 0 Å². The van der Waals surface area contributed by atoms with E-state index in [2.05, 4.69) is 50.0 Å². The number of nitrogens with one attached hydrogen (secondary N) is 1. The van der Waals surface area contributed by atoms with Gasteiger partial charge < -0.3 is 10.6 Å². The van der Waals surface area contributed by atoms with Crippen LogP contribution in [0, 0.1) is 0 Å². The third-order valence-electron chi connectivity index (χ3n) is 5.18. The van der Waals surface area contributed by atoms with Crippen LogP contribution in [0.2, 0.25) is 0 Å². The summed E-state index contributed by atoms with van der Waals surface area (Å²) in [5.74, 6) is 1.63. The van der Waals surface area contributed by atoms with Gasteiger partial charge in [0.15, 0.2) is 0 Å². The van der Waals surface area contributed by atoms with Gasteiger partial charge in [0.25, 0.3) is 0 Å². The number of hydrogen-bond acceptors (Lipinski definition) is 7. The van der Waals surface area contributed by atoms with Crippen LogP contribution in [-0.4, -0.2) is 44.2 Å². The molecule has 1 fully saturated rings. The maximum absolute atomic E-state index is 6.31. The number of benzene rings is 1. The first-order chi connectivity index (χ1) is 12.6. The van der Waals surface area contributed by atoms with Crippen molar-refractivity contribution >= 4 is 38.1 Å². The maximum Gasteiger partial charge on any atom is 0.204 e. The molecule has 0 atom stereocenters. The third kappa shape index (κ3) is 2.53. The molecular formula is C18H19N7S. The summed E-state index contributed by atoms with van der Waals surface area (Å²) in [6.07, 6.45) is 1.95. The molecule has 26 heavy (non-hydrogen) atoms. The summed E-state index contributed by atoms with van der Waals surface area (Å²) in [7, 11) is 0. The number of nitrogens with zero attached hydrogens (tertiary/aromatic N) is 5. The molecule has 0 spiro atoms. The summed E-state index contributed by atoms with van der Waals surface area (Å²) in [5, 5.41) is 18.8. The number of rotatable bonds is 2. The largest absolute Gasteiger partial charge is 0.356 e. The Bertz CT molecular complexity index is 1070. The number of hydrogen-bond donors (Lipinski definition) is 2. The van der Waals surface area contributed by atoms with Crippen LogP contribution in [0.3, 0.4) is 0 Å². The zero-order valence-corrected chi connectivity index (χ0v) is 15.3.